The lowest BCUT2D eigenvalue weighted by Crippen LogP contribution is -2.47. The summed E-state index contributed by atoms with van der Waals surface area (Å²) in [6.45, 7) is 8.55. The summed E-state index contributed by atoms with van der Waals surface area (Å²) in [6.07, 6.45) is -3.19. The molecule has 0 amide bonds. The number of fused-ring (bicyclic) bond motifs is 1. The van der Waals surface area contributed by atoms with Crippen LogP contribution in [0.3, 0.4) is 0 Å². The number of nitrogens with one attached hydrogen (secondary N) is 1. The minimum Gasteiger partial charge on any atom is -0.476 e. The van der Waals surface area contributed by atoms with E-state index in [0.29, 0.717) is 0 Å². The predicted octanol–water partition coefficient (Wildman–Crippen LogP) is 3.86. The van der Waals surface area contributed by atoms with Crippen molar-refractivity contribution in [2.24, 2.45) is 5.41 Å². The van der Waals surface area contributed by atoms with E-state index in [4.69, 9.17) is 29.0 Å². The van der Waals surface area contributed by atoms with Crippen LogP contribution >= 0.6 is 7.75 Å². The van der Waals surface area contributed by atoms with E-state index < -0.39 is 50.2 Å². The lowest BCUT2D eigenvalue weighted by atomic mass is 9.97. The van der Waals surface area contributed by atoms with Crippen molar-refractivity contribution < 1.29 is 46.5 Å². The van der Waals surface area contributed by atoms with Crippen LogP contribution in [0, 0.1) is 5.41 Å². The molecule has 44 heavy (non-hydrogen) atoms. The number of halogens is 2. The Kier molecular flexibility index (Phi) is 9.52. The number of aromatic nitrogens is 4. The molecular formula is C27H37F2N6O8P. The average Bonchev–Trinajstić information content (AvgIpc) is 3.43. The molecule has 4 N–H and O–H groups in total. The Morgan fingerprint density at radius 3 is 2.59 bits per heavy atom. The van der Waals surface area contributed by atoms with Gasteiger partial charge in [-0.25, -0.2) is 18.3 Å². The van der Waals surface area contributed by atoms with Crippen molar-refractivity contribution in [2.75, 3.05) is 25.6 Å². The van der Waals surface area contributed by atoms with E-state index >= 15 is 8.78 Å². The highest BCUT2D eigenvalue weighted by molar-refractivity contribution is 7.52. The Labute approximate surface area is 252 Å². The monoisotopic (exact) mass is 642 g/mol. The Morgan fingerprint density at radius 2 is 1.95 bits per heavy atom. The van der Waals surface area contributed by atoms with Crippen molar-refractivity contribution >= 4 is 30.8 Å². The van der Waals surface area contributed by atoms with Gasteiger partial charge in [0.1, 0.15) is 18.4 Å². The first-order valence-electron chi connectivity index (χ1n) is 13.8. The smallest absolute Gasteiger partial charge is 0.459 e. The van der Waals surface area contributed by atoms with E-state index in [1.165, 1.54) is 19.1 Å². The highest BCUT2D eigenvalue weighted by Gasteiger charge is 2.65. The summed E-state index contributed by atoms with van der Waals surface area (Å²) in [5.74, 6) is -4.19. The summed E-state index contributed by atoms with van der Waals surface area (Å²) in [5.41, 5.74) is 2.70. The second-order valence-corrected chi connectivity index (χ2v) is 13.3. The molecule has 242 valence electrons. The molecule has 3 heterocycles. The first kappa shape index (κ1) is 33.5. The van der Waals surface area contributed by atoms with Gasteiger partial charge in [-0.2, -0.15) is 15.1 Å². The molecular weight excluding hydrogens is 605 g/mol. The Bertz CT molecular complexity index is 1520. The second kappa shape index (κ2) is 12.5. The third-order valence-electron chi connectivity index (χ3n) is 6.43. The van der Waals surface area contributed by atoms with Crippen LogP contribution in [0.1, 0.15) is 47.8 Å². The van der Waals surface area contributed by atoms with Crippen molar-refractivity contribution in [1.82, 2.24) is 24.6 Å². The van der Waals surface area contributed by atoms with E-state index in [-0.39, 0.29) is 47.4 Å². The van der Waals surface area contributed by atoms with Crippen LogP contribution in [0.4, 0.5) is 14.7 Å². The van der Waals surface area contributed by atoms with Gasteiger partial charge in [0.15, 0.2) is 29.2 Å². The van der Waals surface area contributed by atoms with Crippen LogP contribution in [0.25, 0.3) is 11.2 Å². The first-order chi connectivity index (χ1) is 20.5. The van der Waals surface area contributed by atoms with Gasteiger partial charge in [0.2, 0.25) is 11.8 Å². The predicted molar refractivity (Wildman–Crippen MR) is 154 cm³/mol. The Morgan fingerprint density at radius 1 is 1.27 bits per heavy atom. The van der Waals surface area contributed by atoms with Gasteiger partial charge in [-0.1, -0.05) is 39.0 Å². The molecule has 0 aliphatic carbocycles. The molecule has 1 aliphatic rings. The number of anilines is 1. The molecule has 1 aliphatic heterocycles. The SMILES string of the molecule is CCOc1nc(N)nc2c1ncn2[C@@H]1O[C@](F)(COP(=O)(NC(C)C(=O)OCC(C)(C)C)Oc2ccccc2)[C@@H](O)[C@@]1(C)F. The van der Waals surface area contributed by atoms with Gasteiger partial charge >= 0.3 is 13.7 Å². The summed E-state index contributed by atoms with van der Waals surface area (Å²) in [4.78, 5) is 24.8. The number of nitrogens with zero attached hydrogens (tertiary/aromatic N) is 4. The first-order valence-corrected chi connectivity index (χ1v) is 15.3. The zero-order valence-electron chi connectivity index (χ0n) is 25.2. The summed E-state index contributed by atoms with van der Waals surface area (Å²) in [6, 6.07) is 6.52. The number of rotatable bonds is 12. The van der Waals surface area contributed by atoms with Crippen LogP contribution in [0.15, 0.2) is 36.7 Å². The largest absolute Gasteiger partial charge is 0.476 e. The van der Waals surface area contributed by atoms with Crippen LogP contribution in [0.5, 0.6) is 11.6 Å². The number of esters is 1. The molecule has 17 heteroatoms. The number of nitrogens with two attached hydrogens (primary N) is 1. The summed E-state index contributed by atoms with van der Waals surface area (Å²) in [5, 5.41) is 13.2. The standard InChI is InChI=1S/C27H37F2N6O8P/c1-7-39-20-18-19(32-24(30)33-20)35(15-31-18)23-26(6,28)22(37)27(29,42-23)14-41-44(38,43-17-11-9-8-10-12-17)34-16(2)21(36)40-13-25(3,4)5/h8-12,15-16,22-23,37H,7,13-14H2,1-6H3,(H,34,38)(H2,30,32,33)/t16?,22-,23+,26+,27+,44?/m0/s1. The number of imidazole rings is 1. The van der Waals surface area contributed by atoms with Crippen molar-refractivity contribution in [3.63, 3.8) is 0 Å². The van der Waals surface area contributed by atoms with Crippen molar-refractivity contribution in [1.29, 1.82) is 0 Å². The molecule has 2 aromatic heterocycles. The third-order valence-corrected chi connectivity index (χ3v) is 8.05. The zero-order chi connectivity index (χ0) is 32.5. The van der Waals surface area contributed by atoms with Crippen LogP contribution in [-0.2, 0) is 23.4 Å². The molecule has 0 radical (unpaired) electrons. The number of ether oxygens (including phenoxy) is 3. The molecule has 0 bridgehead atoms. The van der Waals surface area contributed by atoms with Crippen LogP contribution in [-0.4, -0.2) is 74.1 Å². The highest BCUT2D eigenvalue weighted by atomic mass is 31.2. The number of aliphatic hydroxyl groups excluding tert-OH is 1. The third kappa shape index (κ3) is 7.26. The summed E-state index contributed by atoms with van der Waals surface area (Å²) >= 11 is 0. The molecule has 0 saturated carbocycles. The van der Waals surface area contributed by atoms with E-state index in [1.54, 1.807) is 25.1 Å². The number of hydrogen-bond acceptors (Lipinski definition) is 12. The highest BCUT2D eigenvalue weighted by Crippen LogP contribution is 2.52. The molecule has 1 saturated heterocycles. The van der Waals surface area contributed by atoms with E-state index in [0.717, 1.165) is 17.8 Å². The zero-order valence-corrected chi connectivity index (χ0v) is 26.1. The molecule has 0 spiro atoms. The normalized spacial score (nSPS) is 25.8. The quantitative estimate of drug-likeness (QED) is 0.191. The van der Waals surface area contributed by atoms with Gasteiger partial charge < -0.3 is 29.6 Å². The Balaban J connectivity index is 1.59. The summed E-state index contributed by atoms with van der Waals surface area (Å²) in [7, 11) is -4.60. The van der Waals surface area contributed by atoms with E-state index in [9.17, 15) is 14.5 Å². The maximum Gasteiger partial charge on any atom is 0.459 e. The van der Waals surface area contributed by atoms with Crippen molar-refractivity contribution in [3.05, 3.63) is 36.7 Å². The molecule has 1 fully saturated rings. The molecule has 4 rings (SSSR count). The van der Waals surface area contributed by atoms with Gasteiger partial charge in [-0.3, -0.25) is 13.9 Å². The number of nitrogen functional groups attached to an aromatic ring is 1. The number of carbonyl (C=O) groups excluding carboxylic acids is 1. The lowest BCUT2D eigenvalue weighted by Gasteiger charge is -2.28. The minimum atomic E-state index is -4.60. The van der Waals surface area contributed by atoms with E-state index in [2.05, 4.69) is 20.0 Å². The maximum absolute atomic E-state index is 16.3. The van der Waals surface area contributed by atoms with Crippen LogP contribution < -0.4 is 20.1 Å². The van der Waals surface area contributed by atoms with Crippen LogP contribution in [0.2, 0.25) is 0 Å². The number of carbonyl (C=O) groups is 1. The number of para-hydroxylation sites is 1. The molecule has 6 atom stereocenters. The van der Waals surface area contributed by atoms with Crippen molar-refractivity contribution in [3.8, 4) is 11.6 Å². The maximum atomic E-state index is 16.3. The fourth-order valence-electron chi connectivity index (χ4n) is 4.26. The Hall–Kier alpha value is -3.43. The lowest BCUT2D eigenvalue weighted by molar-refractivity contribution is -0.202. The molecule has 1 aromatic carbocycles. The van der Waals surface area contributed by atoms with Gasteiger partial charge in [0, 0.05) is 0 Å². The molecule has 2 unspecified atom stereocenters. The summed E-state index contributed by atoms with van der Waals surface area (Å²) < 4.78 is 74.3. The fourth-order valence-corrected chi connectivity index (χ4v) is 5.77. The number of benzene rings is 1. The van der Waals surface area contributed by atoms with Gasteiger partial charge in [-0.15, -0.1) is 0 Å². The van der Waals surface area contributed by atoms with Gasteiger partial charge in [0.05, 0.1) is 19.5 Å². The number of alkyl halides is 2. The second-order valence-electron chi connectivity index (χ2n) is 11.6. The van der Waals surface area contributed by atoms with Crippen molar-refractivity contribution in [2.45, 2.75) is 71.4 Å². The van der Waals surface area contributed by atoms with Gasteiger partial charge in [0.25, 0.3) is 5.85 Å². The number of aliphatic hydroxyl groups is 1. The van der Waals surface area contributed by atoms with E-state index in [1.807, 2.05) is 20.8 Å². The van der Waals surface area contributed by atoms with Gasteiger partial charge in [-0.05, 0) is 38.3 Å². The fraction of sp³-hybridized carbons (Fsp3) is 0.556. The molecule has 14 nitrogen and oxygen atoms in total. The minimum absolute atomic E-state index is 0.0166. The topological polar surface area (TPSA) is 182 Å². The molecule has 3 aromatic rings. The number of hydrogen-bond donors (Lipinski definition) is 3. The average molecular weight is 643 g/mol.